The van der Waals surface area contributed by atoms with Crippen molar-refractivity contribution in [1.82, 2.24) is 0 Å². The van der Waals surface area contributed by atoms with Crippen LogP contribution in [-0.2, 0) is 9.53 Å². The quantitative estimate of drug-likeness (QED) is 0.455. The SMILES string of the molecule is CCOC(=O)/C=C/C(=O)c1cc(C)ccc1C. The highest BCUT2D eigenvalue weighted by Crippen LogP contribution is 2.11. The Balaban J connectivity index is 2.83. The molecule has 0 radical (unpaired) electrons. The lowest BCUT2D eigenvalue weighted by Crippen LogP contribution is -2.03. The predicted molar refractivity (Wildman–Crippen MR) is 66.0 cm³/mol. The van der Waals surface area contributed by atoms with Gasteiger partial charge in [0.25, 0.3) is 0 Å². The van der Waals surface area contributed by atoms with Crippen molar-refractivity contribution in [2.24, 2.45) is 0 Å². The second-order valence-corrected chi connectivity index (χ2v) is 3.77. The van der Waals surface area contributed by atoms with E-state index in [4.69, 9.17) is 4.74 Å². The second kappa shape index (κ2) is 5.99. The van der Waals surface area contributed by atoms with Gasteiger partial charge in [-0.2, -0.15) is 0 Å². The minimum atomic E-state index is -0.494. The summed E-state index contributed by atoms with van der Waals surface area (Å²) in [5.41, 5.74) is 2.53. The van der Waals surface area contributed by atoms with Gasteiger partial charge in [-0.1, -0.05) is 17.7 Å². The molecule has 0 aliphatic rings. The zero-order valence-electron chi connectivity index (χ0n) is 10.3. The third-order valence-electron chi connectivity index (χ3n) is 2.32. The number of hydrogen-bond acceptors (Lipinski definition) is 3. The van der Waals surface area contributed by atoms with Crippen LogP contribution in [0.2, 0.25) is 0 Å². The maximum Gasteiger partial charge on any atom is 0.330 e. The molecule has 0 N–H and O–H groups in total. The fourth-order valence-electron chi connectivity index (χ4n) is 1.43. The first-order valence-corrected chi connectivity index (χ1v) is 5.51. The van der Waals surface area contributed by atoms with E-state index < -0.39 is 5.97 Å². The van der Waals surface area contributed by atoms with Crippen molar-refractivity contribution in [3.05, 3.63) is 47.0 Å². The minimum Gasteiger partial charge on any atom is -0.463 e. The van der Waals surface area contributed by atoms with E-state index in [1.54, 1.807) is 6.92 Å². The molecule has 0 saturated heterocycles. The Kier molecular flexibility index (Phi) is 4.64. The van der Waals surface area contributed by atoms with Gasteiger partial charge in [-0.05, 0) is 38.5 Å². The molecule has 1 aromatic carbocycles. The summed E-state index contributed by atoms with van der Waals surface area (Å²) in [6.45, 7) is 5.81. The van der Waals surface area contributed by atoms with Crippen LogP contribution in [0.25, 0.3) is 0 Å². The van der Waals surface area contributed by atoms with E-state index in [1.165, 1.54) is 6.08 Å². The van der Waals surface area contributed by atoms with Gasteiger partial charge < -0.3 is 4.74 Å². The summed E-state index contributed by atoms with van der Waals surface area (Å²) in [7, 11) is 0. The number of aryl methyl sites for hydroxylation is 2. The highest BCUT2D eigenvalue weighted by molar-refractivity contribution is 6.07. The summed E-state index contributed by atoms with van der Waals surface area (Å²) in [4.78, 5) is 22.9. The Morgan fingerprint density at radius 3 is 2.59 bits per heavy atom. The molecule has 0 saturated carbocycles. The number of allylic oxidation sites excluding steroid dienone is 1. The summed E-state index contributed by atoms with van der Waals surface area (Å²) in [5.74, 6) is -0.676. The van der Waals surface area contributed by atoms with Crippen molar-refractivity contribution in [1.29, 1.82) is 0 Å². The Morgan fingerprint density at radius 1 is 1.24 bits per heavy atom. The zero-order chi connectivity index (χ0) is 12.8. The van der Waals surface area contributed by atoms with E-state index in [0.717, 1.165) is 17.2 Å². The monoisotopic (exact) mass is 232 g/mol. The predicted octanol–water partition coefficient (Wildman–Crippen LogP) is 2.61. The van der Waals surface area contributed by atoms with Gasteiger partial charge >= 0.3 is 5.97 Å². The molecule has 3 heteroatoms. The normalized spacial score (nSPS) is 10.5. The smallest absolute Gasteiger partial charge is 0.330 e. The van der Waals surface area contributed by atoms with Crippen molar-refractivity contribution >= 4 is 11.8 Å². The summed E-state index contributed by atoms with van der Waals surface area (Å²) < 4.78 is 4.70. The van der Waals surface area contributed by atoms with E-state index in [-0.39, 0.29) is 5.78 Å². The first kappa shape index (κ1) is 13.2. The number of carbonyl (C=O) groups excluding carboxylic acids is 2. The van der Waals surface area contributed by atoms with Gasteiger partial charge in [0, 0.05) is 11.6 Å². The molecular formula is C14H16O3. The van der Waals surface area contributed by atoms with Gasteiger partial charge in [0.15, 0.2) is 5.78 Å². The van der Waals surface area contributed by atoms with Crippen LogP contribution in [-0.4, -0.2) is 18.4 Å². The molecule has 90 valence electrons. The number of esters is 1. The van der Waals surface area contributed by atoms with Crippen molar-refractivity contribution in [2.75, 3.05) is 6.61 Å². The van der Waals surface area contributed by atoms with Crippen molar-refractivity contribution in [2.45, 2.75) is 20.8 Å². The molecular weight excluding hydrogens is 216 g/mol. The molecule has 0 aliphatic carbocycles. The Bertz CT molecular complexity index is 459. The Labute approximate surface area is 101 Å². The highest BCUT2D eigenvalue weighted by atomic mass is 16.5. The zero-order valence-corrected chi connectivity index (χ0v) is 10.3. The summed E-state index contributed by atoms with van der Waals surface area (Å²) in [6, 6.07) is 5.65. The van der Waals surface area contributed by atoms with E-state index in [1.807, 2.05) is 32.0 Å². The fraction of sp³-hybridized carbons (Fsp3) is 0.286. The molecule has 1 rings (SSSR count). The summed E-state index contributed by atoms with van der Waals surface area (Å²) in [6.07, 6.45) is 2.41. The molecule has 0 amide bonds. The van der Waals surface area contributed by atoms with Crippen molar-refractivity contribution in [3.63, 3.8) is 0 Å². The van der Waals surface area contributed by atoms with Gasteiger partial charge in [0.05, 0.1) is 6.61 Å². The van der Waals surface area contributed by atoms with Crippen LogP contribution >= 0.6 is 0 Å². The van der Waals surface area contributed by atoms with E-state index in [2.05, 4.69) is 0 Å². The third kappa shape index (κ3) is 3.87. The van der Waals surface area contributed by atoms with Gasteiger partial charge in [-0.3, -0.25) is 4.79 Å². The summed E-state index contributed by atoms with van der Waals surface area (Å²) in [5, 5.41) is 0. The van der Waals surface area contributed by atoms with Crippen LogP contribution in [0.15, 0.2) is 30.4 Å². The Morgan fingerprint density at radius 2 is 1.94 bits per heavy atom. The molecule has 1 aromatic rings. The molecule has 0 spiro atoms. The van der Waals surface area contributed by atoms with Crippen LogP contribution in [0.5, 0.6) is 0 Å². The van der Waals surface area contributed by atoms with Crippen molar-refractivity contribution < 1.29 is 14.3 Å². The molecule has 0 atom stereocenters. The molecule has 17 heavy (non-hydrogen) atoms. The van der Waals surface area contributed by atoms with Gasteiger partial charge in [-0.15, -0.1) is 0 Å². The lowest BCUT2D eigenvalue weighted by molar-refractivity contribution is -0.137. The molecule has 3 nitrogen and oxygen atoms in total. The van der Waals surface area contributed by atoms with Crippen LogP contribution in [0.1, 0.15) is 28.4 Å². The maximum atomic E-state index is 11.8. The molecule has 0 heterocycles. The topological polar surface area (TPSA) is 43.4 Å². The lowest BCUT2D eigenvalue weighted by atomic mass is 10.0. The lowest BCUT2D eigenvalue weighted by Gasteiger charge is -2.02. The molecule has 0 fully saturated rings. The molecule has 0 unspecified atom stereocenters. The van der Waals surface area contributed by atoms with Gasteiger partial charge in [0.2, 0.25) is 0 Å². The number of benzene rings is 1. The molecule has 0 aromatic heterocycles. The average Bonchev–Trinajstić information content (AvgIpc) is 2.29. The number of carbonyl (C=O) groups is 2. The second-order valence-electron chi connectivity index (χ2n) is 3.77. The molecule has 0 bridgehead atoms. The summed E-state index contributed by atoms with van der Waals surface area (Å²) >= 11 is 0. The number of hydrogen-bond donors (Lipinski definition) is 0. The number of rotatable bonds is 4. The van der Waals surface area contributed by atoms with Crippen LogP contribution < -0.4 is 0 Å². The van der Waals surface area contributed by atoms with Crippen LogP contribution in [0.3, 0.4) is 0 Å². The standard InChI is InChI=1S/C14H16O3/c1-4-17-14(16)8-7-13(15)12-9-10(2)5-6-11(12)3/h5-9H,4H2,1-3H3/b8-7+. The maximum absolute atomic E-state index is 11.8. The van der Waals surface area contributed by atoms with Crippen LogP contribution in [0, 0.1) is 13.8 Å². The van der Waals surface area contributed by atoms with E-state index in [0.29, 0.717) is 12.2 Å². The number of ether oxygens (including phenoxy) is 1. The average molecular weight is 232 g/mol. The van der Waals surface area contributed by atoms with E-state index in [9.17, 15) is 9.59 Å². The van der Waals surface area contributed by atoms with Gasteiger partial charge in [0.1, 0.15) is 0 Å². The highest BCUT2D eigenvalue weighted by Gasteiger charge is 2.06. The fourth-order valence-corrected chi connectivity index (χ4v) is 1.43. The van der Waals surface area contributed by atoms with Gasteiger partial charge in [-0.25, -0.2) is 4.79 Å². The van der Waals surface area contributed by atoms with Crippen molar-refractivity contribution in [3.8, 4) is 0 Å². The number of ketones is 1. The minimum absolute atomic E-state index is 0.181. The first-order chi connectivity index (χ1) is 8.04. The van der Waals surface area contributed by atoms with E-state index >= 15 is 0 Å². The Hall–Kier alpha value is -1.90. The van der Waals surface area contributed by atoms with Crippen LogP contribution in [0.4, 0.5) is 0 Å². The molecule has 0 aliphatic heterocycles. The largest absolute Gasteiger partial charge is 0.463 e. The third-order valence-corrected chi connectivity index (χ3v) is 2.32. The first-order valence-electron chi connectivity index (χ1n) is 5.51.